The first-order chi connectivity index (χ1) is 12.4. The highest BCUT2D eigenvalue weighted by Crippen LogP contribution is 2.19. The second-order valence-electron chi connectivity index (χ2n) is 6.33. The van der Waals surface area contributed by atoms with E-state index in [1.807, 2.05) is 26.0 Å². The summed E-state index contributed by atoms with van der Waals surface area (Å²) in [5.74, 6) is -0.566. The van der Waals surface area contributed by atoms with E-state index in [1.165, 1.54) is 21.7 Å². The van der Waals surface area contributed by atoms with Gasteiger partial charge in [0.15, 0.2) is 0 Å². The van der Waals surface area contributed by atoms with Crippen LogP contribution in [0, 0.1) is 12.7 Å². The van der Waals surface area contributed by atoms with Gasteiger partial charge in [0.2, 0.25) is 5.91 Å². The van der Waals surface area contributed by atoms with E-state index in [0.29, 0.717) is 11.1 Å². The van der Waals surface area contributed by atoms with Gasteiger partial charge >= 0.3 is 0 Å². The molecule has 2 aromatic carbocycles. The van der Waals surface area contributed by atoms with Crippen LogP contribution in [0.2, 0.25) is 0 Å². The molecule has 0 aliphatic rings. The molecular weight excluding hydrogens is 333 g/mol. The lowest BCUT2D eigenvalue weighted by molar-refractivity contribution is -0.132. The minimum Gasteiger partial charge on any atom is -0.337 e. The maximum absolute atomic E-state index is 13.1. The summed E-state index contributed by atoms with van der Waals surface area (Å²) in [6, 6.07) is 13.0. The molecule has 0 saturated carbocycles. The number of benzene rings is 2. The number of hydrogen-bond acceptors (Lipinski definition) is 3. The van der Waals surface area contributed by atoms with Crippen LogP contribution in [0.25, 0.3) is 10.8 Å². The normalized spacial score (nSPS) is 12.2. The first-order valence-corrected chi connectivity index (χ1v) is 8.36. The van der Waals surface area contributed by atoms with Gasteiger partial charge in [0.1, 0.15) is 12.4 Å². The Kier molecular flexibility index (Phi) is 4.84. The van der Waals surface area contributed by atoms with Crippen LogP contribution in [0.4, 0.5) is 4.39 Å². The summed E-state index contributed by atoms with van der Waals surface area (Å²) in [5, 5.41) is 5.60. The van der Waals surface area contributed by atoms with Crippen molar-refractivity contribution >= 4 is 16.7 Å². The molecule has 6 heteroatoms. The zero-order valence-electron chi connectivity index (χ0n) is 14.9. The molecule has 1 atom stereocenters. The fraction of sp³-hybridized carbons (Fsp3) is 0.250. The number of amides is 1. The average Bonchev–Trinajstić information content (AvgIpc) is 2.65. The van der Waals surface area contributed by atoms with E-state index >= 15 is 0 Å². The predicted octanol–water partition coefficient (Wildman–Crippen LogP) is 3.06. The maximum atomic E-state index is 13.1. The highest BCUT2D eigenvalue weighted by molar-refractivity contribution is 5.83. The standard InChI is InChI=1S/C20H20FN3O2/c1-13-17-6-4-5-7-18(17)20(26)24(22-13)12-19(25)23(3)14(2)15-8-10-16(21)11-9-15/h4-11,14H,12H2,1-3H3. The number of nitrogens with zero attached hydrogens (tertiary/aromatic N) is 3. The second kappa shape index (κ2) is 7.07. The van der Waals surface area contributed by atoms with Gasteiger partial charge in [-0.05, 0) is 37.6 Å². The van der Waals surface area contributed by atoms with E-state index in [-0.39, 0.29) is 29.9 Å². The molecule has 0 bridgehead atoms. The molecule has 0 aliphatic heterocycles. The molecule has 3 aromatic rings. The van der Waals surface area contributed by atoms with Gasteiger partial charge in [-0.15, -0.1) is 0 Å². The Balaban J connectivity index is 1.85. The van der Waals surface area contributed by atoms with Gasteiger partial charge in [-0.1, -0.05) is 30.3 Å². The first-order valence-electron chi connectivity index (χ1n) is 8.36. The largest absolute Gasteiger partial charge is 0.337 e. The van der Waals surface area contributed by atoms with Gasteiger partial charge < -0.3 is 4.90 Å². The second-order valence-corrected chi connectivity index (χ2v) is 6.33. The van der Waals surface area contributed by atoms with Crippen LogP contribution in [0.3, 0.4) is 0 Å². The molecule has 1 aromatic heterocycles. The van der Waals surface area contributed by atoms with Crippen LogP contribution in [0.1, 0.15) is 24.2 Å². The zero-order chi connectivity index (χ0) is 18.8. The van der Waals surface area contributed by atoms with E-state index in [9.17, 15) is 14.0 Å². The van der Waals surface area contributed by atoms with Gasteiger partial charge in [0.25, 0.3) is 5.56 Å². The Morgan fingerprint density at radius 1 is 1.15 bits per heavy atom. The van der Waals surface area contributed by atoms with Crippen LogP contribution >= 0.6 is 0 Å². The monoisotopic (exact) mass is 353 g/mol. The molecule has 3 rings (SSSR count). The van der Waals surface area contributed by atoms with Crippen molar-refractivity contribution in [3.8, 4) is 0 Å². The van der Waals surface area contributed by atoms with Gasteiger partial charge in [-0.25, -0.2) is 9.07 Å². The third-order valence-electron chi connectivity index (χ3n) is 4.66. The topological polar surface area (TPSA) is 55.2 Å². The Hall–Kier alpha value is -3.02. The summed E-state index contributed by atoms with van der Waals surface area (Å²) in [5.41, 5.74) is 1.22. The molecule has 0 saturated heterocycles. The Morgan fingerprint density at radius 2 is 1.77 bits per heavy atom. The fourth-order valence-corrected chi connectivity index (χ4v) is 2.93. The molecule has 134 valence electrons. The Bertz CT molecular complexity index is 1010. The van der Waals surface area contributed by atoms with Crippen molar-refractivity contribution in [1.29, 1.82) is 0 Å². The summed E-state index contributed by atoms with van der Waals surface area (Å²) in [4.78, 5) is 26.8. The van der Waals surface area contributed by atoms with Crippen LogP contribution in [0.15, 0.2) is 53.3 Å². The lowest BCUT2D eigenvalue weighted by Gasteiger charge is -2.25. The smallest absolute Gasteiger partial charge is 0.275 e. The summed E-state index contributed by atoms with van der Waals surface area (Å²) in [7, 11) is 1.66. The molecule has 26 heavy (non-hydrogen) atoms. The van der Waals surface area contributed by atoms with Crippen LogP contribution in [0.5, 0.6) is 0 Å². The van der Waals surface area contributed by atoms with Crippen molar-refractivity contribution < 1.29 is 9.18 Å². The lowest BCUT2D eigenvalue weighted by atomic mass is 10.1. The molecule has 0 radical (unpaired) electrons. The highest BCUT2D eigenvalue weighted by atomic mass is 19.1. The third-order valence-corrected chi connectivity index (χ3v) is 4.66. The molecule has 1 heterocycles. The number of fused-ring (bicyclic) bond motifs is 1. The lowest BCUT2D eigenvalue weighted by Crippen LogP contribution is -2.36. The number of carbonyl (C=O) groups excluding carboxylic acids is 1. The van der Waals surface area contributed by atoms with Gasteiger partial charge in [-0.2, -0.15) is 5.10 Å². The van der Waals surface area contributed by atoms with E-state index in [0.717, 1.165) is 10.9 Å². The zero-order valence-corrected chi connectivity index (χ0v) is 14.9. The molecule has 0 spiro atoms. The number of rotatable bonds is 4. The van der Waals surface area contributed by atoms with E-state index in [2.05, 4.69) is 5.10 Å². The van der Waals surface area contributed by atoms with Crippen molar-refractivity contribution in [2.75, 3.05) is 7.05 Å². The third kappa shape index (κ3) is 3.35. The molecule has 5 nitrogen and oxygen atoms in total. The van der Waals surface area contributed by atoms with Crippen LogP contribution in [-0.2, 0) is 11.3 Å². The van der Waals surface area contributed by atoms with E-state index < -0.39 is 0 Å². The fourth-order valence-electron chi connectivity index (χ4n) is 2.93. The summed E-state index contributed by atoms with van der Waals surface area (Å²) in [6.07, 6.45) is 0. The molecule has 1 amide bonds. The SMILES string of the molecule is Cc1nn(CC(=O)N(C)C(C)c2ccc(F)cc2)c(=O)c2ccccc12. The summed E-state index contributed by atoms with van der Waals surface area (Å²) >= 11 is 0. The number of halogens is 1. The number of aryl methyl sites for hydroxylation is 1. The molecule has 0 aliphatic carbocycles. The number of carbonyl (C=O) groups is 1. The van der Waals surface area contributed by atoms with Gasteiger partial charge in [0.05, 0.1) is 17.1 Å². The molecular formula is C20H20FN3O2. The molecule has 1 unspecified atom stereocenters. The number of aromatic nitrogens is 2. The van der Waals surface area contributed by atoms with Crippen molar-refractivity contribution in [3.05, 3.63) is 76.0 Å². The van der Waals surface area contributed by atoms with Crippen LogP contribution in [-0.4, -0.2) is 27.6 Å². The maximum Gasteiger partial charge on any atom is 0.275 e. The highest BCUT2D eigenvalue weighted by Gasteiger charge is 2.19. The van der Waals surface area contributed by atoms with Crippen molar-refractivity contribution in [2.24, 2.45) is 0 Å². The van der Waals surface area contributed by atoms with E-state index in [4.69, 9.17) is 0 Å². The van der Waals surface area contributed by atoms with Crippen molar-refractivity contribution in [1.82, 2.24) is 14.7 Å². The van der Waals surface area contributed by atoms with Gasteiger partial charge in [-0.3, -0.25) is 9.59 Å². The van der Waals surface area contributed by atoms with Crippen LogP contribution < -0.4 is 5.56 Å². The quantitative estimate of drug-likeness (QED) is 0.724. The minimum atomic E-state index is -0.322. The number of likely N-dealkylation sites (N-methyl/N-ethyl adjacent to an activating group) is 1. The first kappa shape index (κ1) is 17.8. The Labute approximate surface area is 150 Å². The van der Waals surface area contributed by atoms with Crippen molar-refractivity contribution in [3.63, 3.8) is 0 Å². The minimum absolute atomic E-state index is 0.146. The molecule has 0 fully saturated rings. The predicted molar refractivity (Wildman–Crippen MR) is 98.3 cm³/mol. The average molecular weight is 353 g/mol. The van der Waals surface area contributed by atoms with E-state index in [1.54, 1.807) is 31.3 Å². The summed E-state index contributed by atoms with van der Waals surface area (Å²) < 4.78 is 14.3. The van der Waals surface area contributed by atoms with Gasteiger partial charge in [0, 0.05) is 12.4 Å². The van der Waals surface area contributed by atoms with Crippen molar-refractivity contribution in [2.45, 2.75) is 26.4 Å². The molecule has 0 N–H and O–H groups in total. The Morgan fingerprint density at radius 3 is 2.42 bits per heavy atom. The number of hydrogen-bond donors (Lipinski definition) is 0. The summed E-state index contributed by atoms with van der Waals surface area (Å²) in [6.45, 7) is 3.52.